The fraction of sp³-hybridized carbons (Fsp3) is 0.207. The van der Waals surface area contributed by atoms with Gasteiger partial charge in [-0.25, -0.2) is 22.3 Å². The minimum Gasteiger partial charge on any atom is -0.351 e. The molecule has 2 N–H and O–H groups in total. The molecule has 1 fully saturated rings. The van der Waals surface area contributed by atoms with Crippen LogP contribution >= 0.6 is 0 Å². The quantitative estimate of drug-likeness (QED) is 0.349. The zero-order chi connectivity index (χ0) is 29.0. The molecule has 1 aliphatic heterocycles. The maximum Gasteiger partial charge on any atom is 0.321 e. The molecule has 5 rings (SSSR count). The van der Waals surface area contributed by atoms with E-state index in [1.54, 1.807) is 6.92 Å². The van der Waals surface area contributed by atoms with Crippen molar-refractivity contribution in [1.29, 1.82) is 0 Å². The average Bonchev–Trinajstić information content (AvgIpc) is 3.39. The minimum absolute atomic E-state index is 0.0218. The Morgan fingerprint density at radius 2 is 1.61 bits per heavy atom. The van der Waals surface area contributed by atoms with E-state index in [0.717, 1.165) is 9.87 Å². The number of para-hydroxylation sites is 1. The molecule has 0 bridgehead atoms. The van der Waals surface area contributed by atoms with Gasteiger partial charge in [-0.1, -0.05) is 48.5 Å². The highest BCUT2D eigenvalue weighted by Gasteiger charge is 2.42. The van der Waals surface area contributed by atoms with Crippen LogP contribution in [-0.4, -0.2) is 65.0 Å². The summed E-state index contributed by atoms with van der Waals surface area (Å²) < 4.78 is 43.9. The Kier molecular flexibility index (Phi) is 8.13. The first-order chi connectivity index (χ1) is 19.7. The molecular formula is C29H29FN6O4S. The predicted molar refractivity (Wildman–Crippen MR) is 151 cm³/mol. The molecule has 4 aromatic rings. The van der Waals surface area contributed by atoms with Crippen LogP contribution in [0.15, 0.2) is 96.0 Å². The van der Waals surface area contributed by atoms with Gasteiger partial charge in [-0.05, 0) is 48.9 Å². The smallest absolute Gasteiger partial charge is 0.321 e. The number of nitrogens with zero attached hydrogens (tertiary/aromatic N) is 4. The molecule has 1 saturated heterocycles. The maximum atomic E-state index is 14.0. The van der Waals surface area contributed by atoms with E-state index in [9.17, 15) is 22.4 Å². The van der Waals surface area contributed by atoms with Gasteiger partial charge in [0.1, 0.15) is 16.8 Å². The van der Waals surface area contributed by atoms with Crippen LogP contribution in [-0.2, 0) is 21.4 Å². The topological polar surface area (TPSA) is 117 Å². The van der Waals surface area contributed by atoms with Crippen molar-refractivity contribution < 1.29 is 22.4 Å². The number of hydrogen-bond acceptors (Lipinski definition) is 5. The first-order valence-electron chi connectivity index (χ1n) is 13.0. The molecule has 0 saturated carbocycles. The Hall–Kier alpha value is -4.55. The molecule has 1 atom stereocenters. The van der Waals surface area contributed by atoms with Crippen molar-refractivity contribution in [2.45, 2.75) is 24.4 Å². The Morgan fingerprint density at radius 1 is 0.951 bits per heavy atom. The molecule has 10 nitrogen and oxygen atoms in total. The van der Waals surface area contributed by atoms with E-state index in [-0.39, 0.29) is 31.1 Å². The molecule has 1 unspecified atom stereocenters. The van der Waals surface area contributed by atoms with Gasteiger partial charge in [0.05, 0.1) is 17.6 Å². The van der Waals surface area contributed by atoms with Gasteiger partial charge >= 0.3 is 6.03 Å². The second-order valence-corrected chi connectivity index (χ2v) is 11.4. The monoisotopic (exact) mass is 576 g/mol. The number of anilines is 1. The zero-order valence-electron chi connectivity index (χ0n) is 22.3. The lowest BCUT2D eigenvalue weighted by Crippen LogP contribution is -2.61. The van der Waals surface area contributed by atoms with Crippen LogP contribution in [0.1, 0.15) is 11.3 Å². The summed E-state index contributed by atoms with van der Waals surface area (Å²) in [5.74, 6) is -0.979. The first kappa shape index (κ1) is 28.0. The third-order valence-corrected chi connectivity index (χ3v) is 8.89. The Labute approximate surface area is 237 Å². The summed E-state index contributed by atoms with van der Waals surface area (Å²) in [7, 11) is -4.18. The Morgan fingerprint density at radius 3 is 2.29 bits per heavy atom. The summed E-state index contributed by atoms with van der Waals surface area (Å²) in [5, 5.41) is 9.79. The number of rotatable bonds is 7. The third-order valence-electron chi connectivity index (χ3n) is 6.88. The lowest BCUT2D eigenvalue weighted by atomic mass is 10.2. The number of carbonyl (C=O) groups is 2. The van der Waals surface area contributed by atoms with Crippen LogP contribution in [0.5, 0.6) is 0 Å². The molecule has 3 amide bonds. The van der Waals surface area contributed by atoms with Crippen LogP contribution in [0, 0.1) is 12.7 Å². The van der Waals surface area contributed by atoms with Gasteiger partial charge in [0.15, 0.2) is 0 Å². The highest BCUT2D eigenvalue weighted by molar-refractivity contribution is 7.89. The summed E-state index contributed by atoms with van der Waals surface area (Å²) in [4.78, 5) is 27.9. The molecule has 3 aromatic carbocycles. The molecule has 0 aliphatic carbocycles. The van der Waals surface area contributed by atoms with Crippen LogP contribution in [0.25, 0.3) is 5.69 Å². The Bertz CT molecular complexity index is 1630. The van der Waals surface area contributed by atoms with Gasteiger partial charge in [0, 0.05) is 31.9 Å². The number of urea groups is 1. The second kappa shape index (κ2) is 11.9. The summed E-state index contributed by atoms with van der Waals surface area (Å²) in [6.45, 7) is 1.60. The van der Waals surface area contributed by atoms with Crippen LogP contribution in [0.2, 0.25) is 0 Å². The molecule has 0 spiro atoms. The van der Waals surface area contributed by atoms with Crippen molar-refractivity contribution >= 4 is 27.6 Å². The largest absolute Gasteiger partial charge is 0.351 e. The van der Waals surface area contributed by atoms with E-state index in [0.29, 0.717) is 17.1 Å². The lowest BCUT2D eigenvalue weighted by Gasteiger charge is -2.39. The third kappa shape index (κ3) is 6.13. The molecule has 1 aliphatic rings. The van der Waals surface area contributed by atoms with Crippen molar-refractivity contribution in [3.63, 3.8) is 0 Å². The van der Waals surface area contributed by atoms with Gasteiger partial charge in [0.25, 0.3) is 0 Å². The fourth-order valence-corrected chi connectivity index (χ4v) is 6.41. The van der Waals surface area contributed by atoms with E-state index in [1.807, 2.05) is 60.7 Å². The zero-order valence-corrected chi connectivity index (χ0v) is 23.1. The van der Waals surface area contributed by atoms with E-state index in [4.69, 9.17) is 0 Å². The number of aromatic nitrogens is 2. The number of carbonyl (C=O) groups excluding carboxylic acids is 2. The molecule has 12 heteroatoms. The van der Waals surface area contributed by atoms with Gasteiger partial charge < -0.3 is 15.5 Å². The summed E-state index contributed by atoms with van der Waals surface area (Å²) in [5.41, 5.74) is 2.32. The van der Waals surface area contributed by atoms with Crippen molar-refractivity contribution in [3.05, 3.63) is 108 Å². The van der Waals surface area contributed by atoms with Crippen molar-refractivity contribution in [3.8, 4) is 5.69 Å². The van der Waals surface area contributed by atoms with Crippen molar-refractivity contribution in [2.75, 3.05) is 25.0 Å². The summed E-state index contributed by atoms with van der Waals surface area (Å²) in [6, 6.07) is 21.9. The highest BCUT2D eigenvalue weighted by Crippen LogP contribution is 2.26. The molecule has 41 heavy (non-hydrogen) atoms. The Balaban J connectivity index is 1.41. The van der Waals surface area contributed by atoms with Crippen molar-refractivity contribution in [1.82, 2.24) is 24.3 Å². The van der Waals surface area contributed by atoms with Crippen LogP contribution < -0.4 is 10.6 Å². The van der Waals surface area contributed by atoms with Crippen LogP contribution in [0.4, 0.5) is 14.9 Å². The molecule has 0 radical (unpaired) electrons. The number of amides is 3. The van der Waals surface area contributed by atoms with Gasteiger partial charge in [-0.3, -0.25) is 4.79 Å². The maximum absolute atomic E-state index is 14.0. The van der Waals surface area contributed by atoms with Gasteiger partial charge in [-0.2, -0.15) is 9.40 Å². The van der Waals surface area contributed by atoms with Crippen LogP contribution in [0.3, 0.4) is 0 Å². The molecule has 1 aromatic heterocycles. The fourth-order valence-electron chi connectivity index (χ4n) is 4.69. The number of benzene rings is 3. The van der Waals surface area contributed by atoms with Crippen molar-refractivity contribution in [2.24, 2.45) is 0 Å². The van der Waals surface area contributed by atoms with E-state index < -0.39 is 33.8 Å². The number of halogens is 1. The summed E-state index contributed by atoms with van der Waals surface area (Å²) in [6.07, 6.45) is 1.28. The number of piperazine rings is 1. The van der Waals surface area contributed by atoms with E-state index in [2.05, 4.69) is 15.7 Å². The number of sulfonamides is 1. The van der Waals surface area contributed by atoms with Gasteiger partial charge in [-0.15, -0.1) is 0 Å². The highest BCUT2D eigenvalue weighted by atomic mass is 32.2. The standard InChI is InChI=1S/C29H29FN6O4S/c1-21-27(19-32-36(21)25-10-6-3-7-11-25)41(39,40)35-17-16-34(29(38)33-24-14-12-23(30)13-15-24)20-26(35)28(37)31-18-22-8-4-2-5-9-22/h2-15,19,26H,16-18,20H2,1H3,(H,31,37)(H,33,38). The second-order valence-electron chi connectivity index (χ2n) is 9.56. The average molecular weight is 577 g/mol. The lowest BCUT2D eigenvalue weighted by molar-refractivity contribution is -0.126. The minimum atomic E-state index is -4.18. The SMILES string of the molecule is Cc1c(S(=O)(=O)N2CCN(C(=O)Nc3ccc(F)cc3)CC2C(=O)NCc2ccccc2)cnn1-c1ccccc1. The number of nitrogens with one attached hydrogen (secondary N) is 2. The van der Waals surface area contributed by atoms with E-state index >= 15 is 0 Å². The first-order valence-corrected chi connectivity index (χ1v) is 14.4. The predicted octanol–water partition coefficient (Wildman–Crippen LogP) is 3.54. The molecule has 2 heterocycles. The molecule has 212 valence electrons. The van der Waals surface area contributed by atoms with Gasteiger partial charge in [0.2, 0.25) is 15.9 Å². The normalized spacial score (nSPS) is 15.9. The number of hydrogen-bond donors (Lipinski definition) is 2. The summed E-state index contributed by atoms with van der Waals surface area (Å²) >= 11 is 0. The molecular weight excluding hydrogens is 547 g/mol. The van der Waals surface area contributed by atoms with E-state index in [1.165, 1.54) is 40.0 Å².